The van der Waals surface area contributed by atoms with Gasteiger partial charge in [0.15, 0.2) is 0 Å². The standard InChI is InChI=1S/C25H29NO6/c1-4-31-15-7-14-26-22(17-10-12-19(13-11-17)32-5-2)21(24(28)25(26)29)23(27)18-8-6-9-20(16-18)30-3/h6,8-13,16,22,27H,4-5,7,14-15H2,1-3H3/b23-21-. The Morgan fingerprint density at radius 3 is 2.44 bits per heavy atom. The second kappa shape index (κ2) is 10.8. The van der Waals surface area contributed by atoms with E-state index in [-0.39, 0.29) is 11.3 Å². The van der Waals surface area contributed by atoms with Crippen molar-refractivity contribution in [3.63, 3.8) is 0 Å². The number of hydrogen-bond acceptors (Lipinski definition) is 6. The van der Waals surface area contributed by atoms with Crippen molar-refractivity contribution in [3.8, 4) is 11.5 Å². The smallest absolute Gasteiger partial charge is 0.295 e. The molecule has 1 N–H and O–H groups in total. The van der Waals surface area contributed by atoms with Gasteiger partial charge in [-0.2, -0.15) is 0 Å². The minimum Gasteiger partial charge on any atom is -0.507 e. The number of likely N-dealkylation sites (tertiary alicyclic amines) is 1. The summed E-state index contributed by atoms with van der Waals surface area (Å²) in [6, 6.07) is 13.3. The molecule has 0 radical (unpaired) electrons. The van der Waals surface area contributed by atoms with Crippen molar-refractivity contribution in [3.05, 3.63) is 65.2 Å². The van der Waals surface area contributed by atoms with Crippen LogP contribution in [0.2, 0.25) is 0 Å². The summed E-state index contributed by atoms with van der Waals surface area (Å²) in [4.78, 5) is 27.5. The maximum absolute atomic E-state index is 13.0. The first kappa shape index (κ1) is 23.3. The molecule has 1 aliphatic rings. The number of hydrogen-bond donors (Lipinski definition) is 1. The average Bonchev–Trinajstić information content (AvgIpc) is 3.07. The molecule has 2 aromatic rings. The van der Waals surface area contributed by atoms with Crippen molar-refractivity contribution >= 4 is 17.4 Å². The lowest BCUT2D eigenvalue weighted by atomic mass is 9.95. The van der Waals surface area contributed by atoms with E-state index in [1.165, 1.54) is 12.0 Å². The molecule has 2 aromatic carbocycles. The van der Waals surface area contributed by atoms with Crippen LogP contribution in [0.25, 0.3) is 5.76 Å². The molecule has 1 saturated heterocycles. The fraction of sp³-hybridized carbons (Fsp3) is 0.360. The zero-order valence-corrected chi connectivity index (χ0v) is 18.7. The topological polar surface area (TPSA) is 85.3 Å². The van der Waals surface area contributed by atoms with E-state index in [1.807, 2.05) is 26.0 Å². The Bertz CT molecular complexity index is 982. The number of methoxy groups -OCH3 is 1. The molecule has 3 rings (SSSR count). The second-order valence-electron chi connectivity index (χ2n) is 7.28. The number of rotatable bonds is 10. The minimum atomic E-state index is -0.710. The lowest BCUT2D eigenvalue weighted by molar-refractivity contribution is -0.140. The number of amides is 1. The number of aliphatic hydroxyl groups excluding tert-OH is 1. The largest absolute Gasteiger partial charge is 0.507 e. The van der Waals surface area contributed by atoms with Crippen LogP contribution in [0.1, 0.15) is 37.4 Å². The Kier molecular flexibility index (Phi) is 7.89. The van der Waals surface area contributed by atoms with Crippen molar-refractivity contribution in [2.24, 2.45) is 0 Å². The first-order valence-electron chi connectivity index (χ1n) is 10.7. The van der Waals surface area contributed by atoms with Crippen molar-refractivity contribution in [1.29, 1.82) is 0 Å². The predicted molar refractivity (Wildman–Crippen MR) is 121 cm³/mol. The summed E-state index contributed by atoms with van der Waals surface area (Å²) in [5.74, 6) is -0.339. The Balaban J connectivity index is 2.05. The van der Waals surface area contributed by atoms with E-state index in [0.29, 0.717) is 55.4 Å². The van der Waals surface area contributed by atoms with Gasteiger partial charge in [-0.3, -0.25) is 9.59 Å². The maximum atomic E-state index is 13.0. The van der Waals surface area contributed by atoms with Gasteiger partial charge in [-0.25, -0.2) is 0 Å². The summed E-state index contributed by atoms with van der Waals surface area (Å²) in [5.41, 5.74) is 1.19. The van der Waals surface area contributed by atoms with E-state index >= 15 is 0 Å². The molecule has 0 spiro atoms. The molecule has 170 valence electrons. The average molecular weight is 440 g/mol. The van der Waals surface area contributed by atoms with Gasteiger partial charge in [0.25, 0.3) is 11.7 Å². The van der Waals surface area contributed by atoms with Gasteiger partial charge < -0.3 is 24.2 Å². The van der Waals surface area contributed by atoms with Gasteiger partial charge in [-0.05, 0) is 50.1 Å². The molecule has 1 unspecified atom stereocenters. The summed E-state index contributed by atoms with van der Waals surface area (Å²) in [6.45, 7) is 5.72. The maximum Gasteiger partial charge on any atom is 0.295 e. The molecule has 0 aromatic heterocycles. The number of benzene rings is 2. The van der Waals surface area contributed by atoms with Crippen LogP contribution >= 0.6 is 0 Å². The quantitative estimate of drug-likeness (QED) is 0.261. The highest BCUT2D eigenvalue weighted by atomic mass is 16.5. The first-order valence-corrected chi connectivity index (χ1v) is 10.7. The van der Waals surface area contributed by atoms with Crippen LogP contribution in [-0.2, 0) is 14.3 Å². The van der Waals surface area contributed by atoms with Crippen LogP contribution in [0, 0.1) is 0 Å². The molecule has 1 atom stereocenters. The Hall–Kier alpha value is -3.32. The van der Waals surface area contributed by atoms with Crippen molar-refractivity contribution in [2.75, 3.05) is 33.5 Å². The van der Waals surface area contributed by atoms with Gasteiger partial charge in [-0.1, -0.05) is 24.3 Å². The highest BCUT2D eigenvalue weighted by Gasteiger charge is 2.45. The SMILES string of the molecule is CCOCCCN1C(=O)C(=O)/C(=C(\O)c2cccc(OC)c2)C1c1ccc(OCC)cc1. The molecular weight excluding hydrogens is 410 g/mol. The number of ether oxygens (including phenoxy) is 3. The molecule has 0 saturated carbocycles. The van der Waals surface area contributed by atoms with E-state index in [2.05, 4.69) is 0 Å². The molecule has 1 aliphatic heterocycles. The van der Waals surface area contributed by atoms with Crippen LogP contribution in [0.15, 0.2) is 54.1 Å². The van der Waals surface area contributed by atoms with E-state index in [9.17, 15) is 14.7 Å². The molecule has 1 heterocycles. The van der Waals surface area contributed by atoms with E-state index in [4.69, 9.17) is 14.2 Å². The summed E-state index contributed by atoms with van der Waals surface area (Å²) in [5, 5.41) is 11.1. The molecule has 0 aliphatic carbocycles. The monoisotopic (exact) mass is 439 g/mol. The highest BCUT2D eigenvalue weighted by molar-refractivity contribution is 6.46. The van der Waals surface area contributed by atoms with E-state index in [0.717, 1.165) is 0 Å². The number of carbonyl (C=O) groups excluding carboxylic acids is 2. The first-order chi connectivity index (χ1) is 15.5. The van der Waals surface area contributed by atoms with Gasteiger partial charge in [0, 0.05) is 25.3 Å². The van der Waals surface area contributed by atoms with Crippen molar-refractivity contribution in [2.45, 2.75) is 26.3 Å². The van der Waals surface area contributed by atoms with Crippen molar-refractivity contribution < 1.29 is 28.9 Å². The third kappa shape index (κ3) is 4.94. The number of Topliss-reactive ketones (excluding diaryl/α,β-unsaturated/α-hetero) is 1. The number of nitrogens with zero attached hydrogens (tertiary/aromatic N) is 1. The van der Waals surface area contributed by atoms with Crippen LogP contribution in [0.4, 0.5) is 0 Å². The Morgan fingerprint density at radius 1 is 1.03 bits per heavy atom. The van der Waals surface area contributed by atoms with Crippen LogP contribution in [0.3, 0.4) is 0 Å². The highest BCUT2D eigenvalue weighted by Crippen LogP contribution is 2.40. The molecule has 32 heavy (non-hydrogen) atoms. The van der Waals surface area contributed by atoms with E-state index in [1.54, 1.807) is 36.4 Å². The molecule has 7 heteroatoms. The number of carbonyl (C=O) groups is 2. The second-order valence-corrected chi connectivity index (χ2v) is 7.28. The van der Waals surface area contributed by atoms with Gasteiger partial charge in [-0.15, -0.1) is 0 Å². The molecular formula is C25H29NO6. The molecule has 1 fully saturated rings. The molecule has 7 nitrogen and oxygen atoms in total. The molecule has 1 amide bonds. The zero-order chi connectivity index (χ0) is 23.1. The van der Waals surface area contributed by atoms with Crippen LogP contribution in [-0.4, -0.2) is 55.2 Å². The minimum absolute atomic E-state index is 0.0591. The lowest BCUT2D eigenvalue weighted by Gasteiger charge is -2.25. The summed E-state index contributed by atoms with van der Waals surface area (Å²) in [7, 11) is 1.52. The van der Waals surface area contributed by atoms with Gasteiger partial charge in [0.1, 0.15) is 17.3 Å². The van der Waals surface area contributed by atoms with Crippen LogP contribution < -0.4 is 9.47 Å². The van der Waals surface area contributed by atoms with Gasteiger partial charge in [0.05, 0.1) is 25.3 Å². The number of aliphatic hydroxyl groups is 1. The third-order valence-corrected chi connectivity index (χ3v) is 5.28. The van der Waals surface area contributed by atoms with Gasteiger partial charge >= 0.3 is 0 Å². The van der Waals surface area contributed by atoms with Gasteiger partial charge in [0.2, 0.25) is 0 Å². The normalized spacial score (nSPS) is 17.6. The van der Waals surface area contributed by atoms with E-state index < -0.39 is 17.7 Å². The number of ketones is 1. The molecule has 0 bridgehead atoms. The predicted octanol–water partition coefficient (Wildman–Crippen LogP) is 3.94. The summed E-state index contributed by atoms with van der Waals surface area (Å²) < 4.78 is 16.1. The summed E-state index contributed by atoms with van der Waals surface area (Å²) >= 11 is 0. The van der Waals surface area contributed by atoms with Crippen LogP contribution in [0.5, 0.6) is 11.5 Å². The Morgan fingerprint density at radius 2 is 1.78 bits per heavy atom. The third-order valence-electron chi connectivity index (χ3n) is 5.28. The fourth-order valence-electron chi connectivity index (χ4n) is 3.78. The summed E-state index contributed by atoms with van der Waals surface area (Å²) in [6.07, 6.45) is 0.577. The van der Waals surface area contributed by atoms with Crippen molar-refractivity contribution in [1.82, 2.24) is 4.90 Å². The Labute approximate surface area is 188 Å². The zero-order valence-electron chi connectivity index (χ0n) is 18.7. The fourth-order valence-corrected chi connectivity index (χ4v) is 3.78. The lowest BCUT2D eigenvalue weighted by Crippen LogP contribution is -2.31.